The molecule has 4 nitrogen and oxygen atoms in total. The SMILES string of the molecule is CCSc1nnc(SCC(=O)N2c3ccccc3C[C@H]2C)s1. The van der Waals surface area contributed by atoms with E-state index in [1.807, 2.05) is 23.1 Å². The Kier molecular flexibility index (Phi) is 5.05. The van der Waals surface area contributed by atoms with Gasteiger partial charge in [-0.1, -0.05) is 60.0 Å². The van der Waals surface area contributed by atoms with E-state index in [1.54, 1.807) is 23.1 Å². The fourth-order valence-corrected chi connectivity index (χ4v) is 5.35. The Morgan fingerprint density at radius 3 is 2.82 bits per heavy atom. The number of hydrogen-bond acceptors (Lipinski definition) is 6. The zero-order chi connectivity index (χ0) is 15.5. The van der Waals surface area contributed by atoms with Crippen molar-refractivity contribution in [2.75, 3.05) is 16.4 Å². The maximum Gasteiger partial charge on any atom is 0.237 e. The Morgan fingerprint density at radius 1 is 1.32 bits per heavy atom. The molecular weight excluding hydrogens is 334 g/mol. The van der Waals surface area contributed by atoms with Crippen LogP contribution in [0.5, 0.6) is 0 Å². The standard InChI is InChI=1S/C15H17N3OS3/c1-3-20-14-16-17-15(22-14)21-9-13(19)18-10(2)8-11-6-4-5-7-12(11)18/h4-7,10H,3,8-9H2,1-2H3/t10-/m1/s1. The number of carbonyl (C=O) groups excluding carboxylic acids is 1. The van der Waals surface area contributed by atoms with E-state index in [9.17, 15) is 4.79 Å². The number of fused-ring (bicyclic) bond motifs is 1. The molecule has 1 aromatic heterocycles. The average Bonchev–Trinajstić information content (AvgIpc) is 3.08. The highest BCUT2D eigenvalue weighted by Gasteiger charge is 2.30. The molecule has 1 aromatic carbocycles. The van der Waals surface area contributed by atoms with Crippen LogP contribution in [0.15, 0.2) is 32.9 Å². The first-order valence-corrected chi connectivity index (χ1v) is 9.97. The minimum absolute atomic E-state index is 0.141. The summed E-state index contributed by atoms with van der Waals surface area (Å²) in [5.74, 6) is 1.53. The largest absolute Gasteiger partial charge is 0.308 e. The highest BCUT2D eigenvalue weighted by atomic mass is 32.2. The van der Waals surface area contributed by atoms with Gasteiger partial charge in [0.1, 0.15) is 0 Å². The van der Waals surface area contributed by atoms with Crippen molar-refractivity contribution in [2.45, 2.75) is 35.0 Å². The van der Waals surface area contributed by atoms with Crippen molar-refractivity contribution in [3.05, 3.63) is 29.8 Å². The summed E-state index contributed by atoms with van der Waals surface area (Å²) in [7, 11) is 0. The summed E-state index contributed by atoms with van der Waals surface area (Å²) in [6.07, 6.45) is 0.933. The Bertz CT molecular complexity index is 674. The molecule has 0 spiro atoms. The minimum atomic E-state index is 0.141. The molecule has 7 heteroatoms. The number of aromatic nitrogens is 2. The van der Waals surface area contributed by atoms with Crippen LogP contribution in [-0.4, -0.2) is 33.7 Å². The predicted octanol–water partition coefficient (Wildman–Crippen LogP) is 3.72. The van der Waals surface area contributed by atoms with Gasteiger partial charge in [-0.15, -0.1) is 10.2 Å². The molecule has 1 amide bonds. The highest BCUT2D eigenvalue weighted by molar-refractivity contribution is 8.03. The lowest BCUT2D eigenvalue weighted by atomic mass is 10.1. The lowest BCUT2D eigenvalue weighted by molar-refractivity contribution is -0.116. The second-order valence-electron chi connectivity index (χ2n) is 5.00. The molecule has 0 aliphatic carbocycles. The number of nitrogens with zero attached hydrogens (tertiary/aromatic N) is 3. The maximum atomic E-state index is 12.6. The first-order valence-electron chi connectivity index (χ1n) is 7.18. The Balaban J connectivity index is 1.64. The lowest BCUT2D eigenvalue weighted by Gasteiger charge is -2.22. The number of benzene rings is 1. The summed E-state index contributed by atoms with van der Waals surface area (Å²) in [5.41, 5.74) is 2.31. The van der Waals surface area contributed by atoms with Gasteiger partial charge < -0.3 is 4.90 Å². The topological polar surface area (TPSA) is 46.1 Å². The van der Waals surface area contributed by atoms with Crippen LogP contribution in [0.25, 0.3) is 0 Å². The number of thioether (sulfide) groups is 2. The van der Waals surface area contributed by atoms with Crippen LogP contribution >= 0.6 is 34.9 Å². The van der Waals surface area contributed by atoms with Crippen LogP contribution in [0.1, 0.15) is 19.4 Å². The van der Waals surface area contributed by atoms with Gasteiger partial charge in [-0.25, -0.2) is 0 Å². The van der Waals surface area contributed by atoms with Gasteiger partial charge in [0.2, 0.25) is 5.91 Å². The van der Waals surface area contributed by atoms with Crippen molar-refractivity contribution in [3.63, 3.8) is 0 Å². The second kappa shape index (κ2) is 7.02. The first kappa shape index (κ1) is 15.8. The fraction of sp³-hybridized carbons (Fsp3) is 0.400. The van der Waals surface area contributed by atoms with Crippen molar-refractivity contribution < 1.29 is 4.79 Å². The number of anilines is 1. The molecule has 0 saturated carbocycles. The third-order valence-electron chi connectivity index (χ3n) is 3.45. The molecule has 0 fully saturated rings. The van der Waals surface area contributed by atoms with Gasteiger partial charge in [0.15, 0.2) is 8.68 Å². The van der Waals surface area contributed by atoms with Crippen LogP contribution < -0.4 is 4.90 Å². The highest BCUT2D eigenvalue weighted by Crippen LogP contribution is 2.33. The molecule has 116 valence electrons. The van der Waals surface area contributed by atoms with Crippen molar-refractivity contribution in [3.8, 4) is 0 Å². The van der Waals surface area contributed by atoms with Gasteiger partial charge in [0, 0.05) is 11.7 Å². The molecule has 2 aromatic rings. The Labute approximate surface area is 142 Å². The molecule has 1 aliphatic heterocycles. The van der Waals surface area contributed by atoms with Crippen LogP contribution in [0.4, 0.5) is 5.69 Å². The molecule has 2 heterocycles. The van der Waals surface area contributed by atoms with Crippen LogP contribution in [0.3, 0.4) is 0 Å². The molecule has 22 heavy (non-hydrogen) atoms. The normalized spacial score (nSPS) is 16.8. The van der Waals surface area contributed by atoms with Gasteiger partial charge >= 0.3 is 0 Å². The van der Waals surface area contributed by atoms with E-state index in [0.717, 1.165) is 26.5 Å². The third kappa shape index (κ3) is 3.31. The predicted molar refractivity (Wildman–Crippen MR) is 94.1 cm³/mol. The number of carbonyl (C=O) groups is 1. The zero-order valence-corrected chi connectivity index (χ0v) is 14.9. The molecule has 0 saturated heterocycles. The van der Waals surface area contributed by atoms with E-state index < -0.39 is 0 Å². The van der Waals surface area contributed by atoms with Crippen molar-refractivity contribution in [2.24, 2.45) is 0 Å². The monoisotopic (exact) mass is 351 g/mol. The number of para-hydroxylation sites is 1. The minimum Gasteiger partial charge on any atom is -0.308 e. The first-order chi connectivity index (χ1) is 10.7. The van der Waals surface area contributed by atoms with Crippen molar-refractivity contribution >= 4 is 46.5 Å². The van der Waals surface area contributed by atoms with Crippen LogP contribution in [0, 0.1) is 0 Å². The molecular formula is C15H17N3OS3. The van der Waals surface area contributed by atoms with Gasteiger partial charge in [-0.05, 0) is 30.7 Å². The van der Waals surface area contributed by atoms with E-state index in [-0.39, 0.29) is 11.9 Å². The molecule has 1 aliphatic rings. The maximum absolute atomic E-state index is 12.6. The summed E-state index contributed by atoms with van der Waals surface area (Å²) in [6, 6.07) is 8.38. The number of rotatable bonds is 5. The summed E-state index contributed by atoms with van der Waals surface area (Å²) in [6.45, 7) is 4.19. The third-order valence-corrected chi connectivity index (χ3v) is 6.51. The van der Waals surface area contributed by atoms with E-state index in [4.69, 9.17) is 0 Å². The van der Waals surface area contributed by atoms with Gasteiger partial charge in [0.25, 0.3) is 0 Å². The van der Waals surface area contributed by atoms with Gasteiger partial charge in [-0.2, -0.15) is 0 Å². The van der Waals surface area contributed by atoms with E-state index in [1.165, 1.54) is 17.3 Å². The summed E-state index contributed by atoms with van der Waals surface area (Å²) in [5, 5.41) is 8.25. The molecule has 0 bridgehead atoms. The summed E-state index contributed by atoms with van der Waals surface area (Å²) < 4.78 is 1.83. The Morgan fingerprint density at radius 2 is 2.05 bits per heavy atom. The molecule has 0 radical (unpaired) electrons. The van der Waals surface area contributed by atoms with Gasteiger partial charge in [0.05, 0.1) is 5.75 Å². The zero-order valence-electron chi connectivity index (χ0n) is 12.5. The average molecular weight is 352 g/mol. The van der Waals surface area contributed by atoms with Crippen LogP contribution in [-0.2, 0) is 11.2 Å². The van der Waals surface area contributed by atoms with E-state index in [0.29, 0.717) is 5.75 Å². The van der Waals surface area contributed by atoms with Crippen molar-refractivity contribution in [1.82, 2.24) is 10.2 Å². The van der Waals surface area contributed by atoms with E-state index >= 15 is 0 Å². The van der Waals surface area contributed by atoms with E-state index in [2.05, 4.69) is 30.1 Å². The second-order valence-corrected chi connectivity index (χ2v) is 8.71. The number of hydrogen-bond donors (Lipinski definition) is 0. The smallest absolute Gasteiger partial charge is 0.237 e. The Hall–Kier alpha value is -1.05. The lowest BCUT2D eigenvalue weighted by Crippen LogP contribution is -2.36. The van der Waals surface area contributed by atoms with Crippen molar-refractivity contribution in [1.29, 1.82) is 0 Å². The fourth-order valence-electron chi connectivity index (χ4n) is 2.58. The molecule has 1 atom stereocenters. The quantitative estimate of drug-likeness (QED) is 0.768. The van der Waals surface area contributed by atoms with Crippen LogP contribution in [0.2, 0.25) is 0 Å². The molecule has 3 rings (SSSR count). The molecule has 0 unspecified atom stereocenters. The summed E-state index contributed by atoms with van der Waals surface area (Å²) >= 11 is 4.72. The summed E-state index contributed by atoms with van der Waals surface area (Å²) in [4.78, 5) is 14.5. The van der Waals surface area contributed by atoms with Gasteiger partial charge in [-0.3, -0.25) is 4.79 Å². The number of amides is 1. The molecule has 0 N–H and O–H groups in total.